The highest BCUT2D eigenvalue weighted by Gasteiger charge is 2.25. The van der Waals surface area contributed by atoms with Crippen molar-refractivity contribution < 1.29 is 22.7 Å². The van der Waals surface area contributed by atoms with Gasteiger partial charge in [-0.05, 0) is 35.9 Å². The Labute approximate surface area is 147 Å². The summed E-state index contributed by atoms with van der Waals surface area (Å²) < 4.78 is 44.8. The molecule has 7 heteroatoms. The maximum Gasteiger partial charge on any atom is 0.233 e. The van der Waals surface area contributed by atoms with Crippen molar-refractivity contribution >= 4 is 17.7 Å². The van der Waals surface area contributed by atoms with Crippen molar-refractivity contribution in [3.8, 4) is 0 Å². The normalized spacial score (nSPS) is 17.6. The van der Waals surface area contributed by atoms with Crippen LogP contribution in [-0.2, 0) is 9.53 Å². The SMILES string of the molecule is O=C(CSc1ccc(F)c(F)c1)N1CCOC(c2ccc(F)cc2)C1. The minimum atomic E-state index is -0.930. The van der Waals surface area contributed by atoms with Gasteiger partial charge in [0.15, 0.2) is 11.6 Å². The van der Waals surface area contributed by atoms with Gasteiger partial charge in [-0.3, -0.25) is 4.79 Å². The predicted molar refractivity (Wildman–Crippen MR) is 88.8 cm³/mol. The molecule has 1 saturated heterocycles. The summed E-state index contributed by atoms with van der Waals surface area (Å²) in [4.78, 5) is 14.5. The van der Waals surface area contributed by atoms with Crippen LogP contribution in [0.2, 0.25) is 0 Å². The number of halogens is 3. The van der Waals surface area contributed by atoms with Crippen molar-refractivity contribution in [1.29, 1.82) is 0 Å². The summed E-state index contributed by atoms with van der Waals surface area (Å²) >= 11 is 1.16. The number of nitrogens with zero attached hydrogens (tertiary/aromatic N) is 1. The van der Waals surface area contributed by atoms with E-state index >= 15 is 0 Å². The number of hydrogen-bond acceptors (Lipinski definition) is 3. The molecule has 1 heterocycles. The lowest BCUT2D eigenvalue weighted by Crippen LogP contribution is -2.43. The summed E-state index contributed by atoms with van der Waals surface area (Å²) in [7, 11) is 0. The molecule has 3 rings (SSSR count). The fraction of sp³-hybridized carbons (Fsp3) is 0.278. The van der Waals surface area contributed by atoms with E-state index in [0.29, 0.717) is 24.6 Å². The van der Waals surface area contributed by atoms with Crippen LogP contribution in [0.1, 0.15) is 11.7 Å². The van der Waals surface area contributed by atoms with Crippen LogP contribution in [0.4, 0.5) is 13.2 Å². The number of carbonyl (C=O) groups excluding carboxylic acids is 1. The third-order valence-electron chi connectivity index (χ3n) is 3.91. The van der Waals surface area contributed by atoms with E-state index in [1.165, 1.54) is 18.2 Å². The van der Waals surface area contributed by atoms with Gasteiger partial charge in [0, 0.05) is 11.4 Å². The number of morpholine rings is 1. The molecule has 1 amide bonds. The Morgan fingerprint density at radius 3 is 2.60 bits per heavy atom. The minimum Gasteiger partial charge on any atom is -0.370 e. The van der Waals surface area contributed by atoms with Crippen LogP contribution >= 0.6 is 11.8 Å². The number of thioether (sulfide) groups is 1. The topological polar surface area (TPSA) is 29.5 Å². The maximum absolute atomic E-state index is 13.2. The highest BCUT2D eigenvalue weighted by Crippen LogP contribution is 2.25. The van der Waals surface area contributed by atoms with Crippen molar-refractivity contribution in [3.05, 3.63) is 65.5 Å². The first-order chi connectivity index (χ1) is 12.0. The smallest absolute Gasteiger partial charge is 0.233 e. The molecule has 0 N–H and O–H groups in total. The monoisotopic (exact) mass is 367 g/mol. The van der Waals surface area contributed by atoms with Gasteiger partial charge in [-0.15, -0.1) is 11.8 Å². The fourth-order valence-corrected chi connectivity index (χ4v) is 3.38. The third kappa shape index (κ3) is 4.55. The number of carbonyl (C=O) groups is 1. The van der Waals surface area contributed by atoms with Crippen molar-refractivity contribution in [2.75, 3.05) is 25.4 Å². The summed E-state index contributed by atoms with van der Waals surface area (Å²) in [5.74, 6) is -2.15. The summed E-state index contributed by atoms with van der Waals surface area (Å²) in [5.41, 5.74) is 0.812. The second-order valence-electron chi connectivity index (χ2n) is 5.62. The van der Waals surface area contributed by atoms with Crippen LogP contribution in [0.25, 0.3) is 0 Å². The Balaban J connectivity index is 1.58. The van der Waals surface area contributed by atoms with Crippen LogP contribution in [0, 0.1) is 17.5 Å². The van der Waals surface area contributed by atoms with Gasteiger partial charge in [0.05, 0.1) is 18.9 Å². The Bertz CT molecular complexity index is 754. The van der Waals surface area contributed by atoms with Gasteiger partial charge in [-0.25, -0.2) is 13.2 Å². The van der Waals surface area contributed by atoms with E-state index in [9.17, 15) is 18.0 Å². The van der Waals surface area contributed by atoms with Crippen LogP contribution < -0.4 is 0 Å². The zero-order valence-electron chi connectivity index (χ0n) is 13.3. The number of rotatable bonds is 4. The Hall–Kier alpha value is -1.99. The van der Waals surface area contributed by atoms with E-state index in [1.807, 2.05) is 0 Å². The number of ether oxygens (including phenoxy) is 1. The molecular weight excluding hydrogens is 351 g/mol. The Morgan fingerprint density at radius 2 is 1.88 bits per heavy atom. The number of benzene rings is 2. The summed E-state index contributed by atoms with van der Waals surface area (Å²) in [5, 5.41) is 0. The molecule has 1 fully saturated rings. The van der Waals surface area contributed by atoms with Gasteiger partial charge in [0.25, 0.3) is 0 Å². The van der Waals surface area contributed by atoms with E-state index in [0.717, 1.165) is 29.5 Å². The lowest BCUT2D eigenvalue weighted by atomic mass is 10.1. The van der Waals surface area contributed by atoms with Crippen LogP contribution in [0.15, 0.2) is 47.4 Å². The molecule has 0 bridgehead atoms. The molecule has 2 aromatic rings. The summed E-state index contributed by atoms with van der Waals surface area (Å²) in [6.07, 6.45) is -0.299. The van der Waals surface area contributed by atoms with Crippen LogP contribution in [-0.4, -0.2) is 36.3 Å². The highest BCUT2D eigenvalue weighted by molar-refractivity contribution is 8.00. The van der Waals surface area contributed by atoms with Gasteiger partial charge >= 0.3 is 0 Å². The van der Waals surface area contributed by atoms with Gasteiger partial charge in [-0.1, -0.05) is 12.1 Å². The zero-order chi connectivity index (χ0) is 17.8. The lowest BCUT2D eigenvalue weighted by Gasteiger charge is -2.33. The molecule has 3 nitrogen and oxygen atoms in total. The second-order valence-corrected chi connectivity index (χ2v) is 6.66. The molecule has 0 aromatic heterocycles. The fourth-order valence-electron chi connectivity index (χ4n) is 2.56. The van der Waals surface area contributed by atoms with Gasteiger partial charge in [-0.2, -0.15) is 0 Å². The largest absolute Gasteiger partial charge is 0.370 e. The highest BCUT2D eigenvalue weighted by atomic mass is 32.2. The van der Waals surface area contributed by atoms with Crippen molar-refractivity contribution in [2.45, 2.75) is 11.0 Å². The zero-order valence-corrected chi connectivity index (χ0v) is 14.1. The van der Waals surface area contributed by atoms with E-state index in [2.05, 4.69) is 0 Å². The van der Waals surface area contributed by atoms with Gasteiger partial charge in [0.2, 0.25) is 5.91 Å². The van der Waals surface area contributed by atoms with E-state index in [4.69, 9.17) is 4.74 Å². The minimum absolute atomic E-state index is 0.106. The van der Waals surface area contributed by atoms with Gasteiger partial charge in [0.1, 0.15) is 11.9 Å². The molecule has 0 radical (unpaired) electrons. The van der Waals surface area contributed by atoms with E-state index in [-0.39, 0.29) is 23.6 Å². The third-order valence-corrected chi connectivity index (χ3v) is 4.89. The molecular formula is C18H16F3NO2S. The number of amides is 1. The molecule has 1 aliphatic rings. The molecule has 0 saturated carbocycles. The lowest BCUT2D eigenvalue weighted by molar-refractivity contribution is -0.136. The Kier molecular flexibility index (Phi) is 5.65. The molecule has 132 valence electrons. The van der Waals surface area contributed by atoms with Crippen molar-refractivity contribution in [3.63, 3.8) is 0 Å². The second kappa shape index (κ2) is 7.93. The molecule has 25 heavy (non-hydrogen) atoms. The number of hydrogen-bond donors (Lipinski definition) is 0. The van der Waals surface area contributed by atoms with Crippen LogP contribution in [0.3, 0.4) is 0 Å². The molecule has 1 unspecified atom stereocenters. The molecule has 2 aromatic carbocycles. The predicted octanol–water partition coefficient (Wildman–Crippen LogP) is 3.80. The van der Waals surface area contributed by atoms with Gasteiger partial charge < -0.3 is 9.64 Å². The average Bonchev–Trinajstić information content (AvgIpc) is 2.63. The first kappa shape index (κ1) is 17.8. The molecule has 0 spiro atoms. The molecule has 0 aliphatic carbocycles. The summed E-state index contributed by atoms with van der Waals surface area (Å²) in [6.45, 7) is 1.24. The van der Waals surface area contributed by atoms with Crippen molar-refractivity contribution in [2.24, 2.45) is 0 Å². The van der Waals surface area contributed by atoms with E-state index < -0.39 is 11.6 Å². The summed E-state index contributed by atoms with van der Waals surface area (Å²) in [6, 6.07) is 9.57. The first-order valence-corrected chi connectivity index (χ1v) is 8.74. The van der Waals surface area contributed by atoms with Crippen LogP contribution in [0.5, 0.6) is 0 Å². The maximum atomic E-state index is 13.2. The molecule has 1 atom stereocenters. The van der Waals surface area contributed by atoms with E-state index in [1.54, 1.807) is 17.0 Å². The average molecular weight is 367 g/mol. The molecule has 1 aliphatic heterocycles. The Morgan fingerprint density at radius 1 is 1.12 bits per heavy atom. The van der Waals surface area contributed by atoms with Crippen molar-refractivity contribution in [1.82, 2.24) is 4.90 Å². The quantitative estimate of drug-likeness (QED) is 0.770. The first-order valence-electron chi connectivity index (χ1n) is 7.75. The standard InChI is InChI=1S/C18H16F3NO2S/c19-13-3-1-12(2-4-13)17-10-22(7-8-24-17)18(23)11-25-14-5-6-15(20)16(21)9-14/h1-6,9,17H,7-8,10-11H2.